The molecule has 1 aromatic carbocycles. The summed E-state index contributed by atoms with van der Waals surface area (Å²) in [6.45, 7) is -0.460. The number of carboxylic acids is 1. The molecule has 20 heavy (non-hydrogen) atoms. The van der Waals surface area contributed by atoms with Crippen LogP contribution in [-0.2, 0) is 14.8 Å². The van der Waals surface area contributed by atoms with Gasteiger partial charge in [0.1, 0.15) is 5.75 Å². The quantitative estimate of drug-likeness (QED) is 0.768. The molecule has 0 fully saturated rings. The number of hydrogen-bond donors (Lipinski definition) is 2. The minimum absolute atomic E-state index is 0.0945. The largest absolute Gasteiger partial charge is 0.482 e. The van der Waals surface area contributed by atoms with Crippen molar-refractivity contribution in [3.05, 3.63) is 36.4 Å². The molecule has 2 rings (SSSR count). The first-order chi connectivity index (χ1) is 9.47. The Kier molecular flexibility index (Phi) is 4.41. The second-order valence-corrected chi connectivity index (χ2v) is 6.13. The zero-order chi connectivity index (χ0) is 14.6. The summed E-state index contributed by atoms with van der Waals surface area (Å²) in [4.78, 5) is 10.5. The van der Waals surface area contributed by atoms with Crippen LogP contribution in [0, 0.1) is 0 Å². The van der Waals surface area contributed by atoms with Gasteiger partial charge in [-0.3, -0.25) is 0 Å². The molecule has 0 bridgehead atoms. The maximum absolute atomic E-state index is 12.1. The smallest absolute Gasteiger partial charge is 0.341 e. The number of hydrogen-bond acceptors (Lipinski definition) is 4. The van der Waals surface area contributed by atoms with Crippen LogP contribution in [-0.4, -0.2) is 32.1 Å². The summed E-state index contributed by atoms with van der Waals surface area (Å²) in [5.41, 5.74) is 0. The standard InChI is InChI=1S/C13H15NO5S/c15-13(16)9-19-11-5-7-12(8-6-11)20(17,18)14-10-3-1-2-4-10/h1-2,5-8,10,14H,3-4,9H2,(H,15,16). The summed E-state index contributed by atoms with van der Waals surface area (Å²) in [6, 6.07) is 5.56. The fourth-order valence-electron chi connectivity index (χ4n) is 1.86. The van der Waals surface area contributed by atoms with Gasteiger partial charge in [0, 0.05) is 6.04 Å². The van der Waals surface area contributed by atoms with Crippen LogP contribution in [0.15, 0.2) is 41.3 Å². The molecule has 1 aliphatic rings. The molecule has 1 aromatic rings. The third kappa shape index (κ3) is 3.82. The van der Waals surface area contributed by atoms with Gasteiger partial charge in [-0.05, 0) is 37.1 Å². The van der Waals surface area contributed by atoms with E-state index >= 15 is 0 Å². The molecule has 0 saturated heterocycles. The summed E-state index contributed by atoms with van der Waals surface area (Å²) in [5.74, 6) is -0.772. The Hall–Kier alpha value is -1.86. The lowest BCUT2D eigenvalue weighted by atomic mass is 10.3. The summed E-state index contributed by atoms with van der Waals surface area (Å²) < 4.78 is 31.7. The topological polar surface area (TPSA) is 92.7 Å². The van der Waals surface area contributed by atoms with Gasteiger partial charge in [-0.15, -0.1) is 0 Å². The van der Waals surface area contributed by atoms with Gasteiger partial charge >= 0.3 is 5.97 Å². The second-order valence-electron chi connectivity index (χ2n) is 4.41. The number of carbonyl (C=O) groups is 1. The number of carboxylic acid groups (broad SMARTS) is 1. The highest BCUT2D eigenvalue weighted by Gasteiger charge is 2.20. The van der Waals surface area contributed by atoms with E-state index in [0.29, 0.717) is 18.6 Å². The van der Waals surface area contributed by atoms with Crippen molar-refractivity contribution >= 4 is 16.0 Å². The van der Waals surface area contributed by atoms with Crippen molar-refractivity contribution in [1.82, 2.24) is 4.72 Å². The molecule has 6 nitrogen and oxygen atoms in total. The van der Waals surface area contributed by atoms with Crippen LogP contribution < -0.4 is 9.46 Å². The van der Waals surface area contributed by atoms with E-state index < -0.39 is 22.6 Å². The van der Waals surface area contributed by atoms with Crippen molar-refractivity contribution in [2.24, 2.45) is 0 Å². The Morgan fingerprint density at radius 2 is 1.85 bits per heavy atom. The average molecular weight is 297 g/mol. The van der Waals surface area contributed by atoms with Crippen LogP contribution in [0.1, 0.15) is 12.8 Å². The van der Waals surface area contributed by atoms with E-state index in [2.05, 4.69) is 4.72 Å². The lowest BCUT2D eigenvalue weighted by molar-refractivity contribution is -0.139. The molecule has 108 valence electrons. The lowest BCUT2D eigenvalue weighted by Gasteiger charge is -2.13. The van der Waals surface area contributed by atoms with Crippen molar-refractivity contribution < 1.29 is 23.1 Å². The zero-order valence-electron chi connectivity index (χ0n) is 10.7. The van der Waals surface area contributed by atoms with Gasteiger partial charge in [-0.2, -0.15) is 0 Å². The van der Waals surface area contributed by atoms with E-state index in [1.807, 2.05) is 12.2 Å². The summed E-state index contributed by atoms with van der Waals surface area (Å²) in [6.07, 6.45) is 5.27. The van der Waals surface area contributed by atoms with Crippen LogP contribution >= 0.6 is 0 Å². The molecule has 0 radical (unpaired) electrons. The van der Waals surface area contributed by atoms with Crippen molar-refractivity contribution in [1.29, 1.82) is 0 Å². The maximum atomic E-state index is 12.1. The molecule has 0 spiro atoms. The molecule has 2 N–H and O–H groups in total. The Morgan fingerprint density at radius 3 is 2.40 bits per heavy atom. The van der Waals surface area contributed by atoms with E-state index in [1.54, 1.807) is 0 Å². The van der Waals surface area contributed by atoms with Crippen molar-refractivity contribution in [3.63, 3.8) is 0 Å². The average Bonchev–Trinajstić information content (AvgIpc) is 2.89. The van der Waals surface area contributed by atoms with Crippen LogP contribution in [0.5, 0.6) is 5.75 Å². The second kappa shape index (κ2) is 6.06. The highest BCUT2D eigenvalue weighted by molar-refractivity contribution is 7.89. The van der Waals surface area contributed by atoms with E-state index in [1.165, 1.54) is 24.3 Å². The zero-order valence-corrected chi connectivity index (χ0v) is 11.5. The van der Waals surface area contributed by atoms with E-state index in [4.69, 9.17) is 9.84 Å². The van der Waals surface area contributed by atoms with E-state index in [0.717, 1.165) is 0 Å². The molecule has 7 heteroatoms. The summed E-state index contributed by atoms with van der Waals surface area (Å²) in [7, 11) is -3.55. The Labute approximate surface area is 117 Å². The van der Waals surface area contributed by atoms with Crippen LogP contribution in [0.4, 0.5) is 0 Å². The minimum Gasteiger partial charge on any atom is -0.482 e. The summed E-state index contributed by atoms with van der Waals surface area (Å²) >= 11 is 0. The molecule has 0 heterocycles. The number of aliphatic carboxylic acids is 1. The number of nitrogens with one attached hydrogen (secondary N) is 1. The normalized spacial score (nSPS) is 15.4. The van der Waals surface area contributed by atoms with Crippen molar-refractivity contribution in [2.75, 3.05) is 6.61 Å². The third-order valence-electron chi connectivity index (χ3n) is 2.83. The van der Waals surface area contributed by atoms with E-state index in [9.17, 15) is 13.2 Å². The van der Waals surface area contributed by atoms with Crippen molar-refractivity contribution in [2.45, 2.75) is 23.8 Å². The fourth-order valence-corrected chi connectivity index (χ4v) is 3.12. The Bertz CT molecular complexity index is 598. The maximum Gasteiger partial charge on any atom is 0.341 e. The van der Waals surface area contributed by atoms with Crippen LogP contribution in [0.2, 0.25) is 0 Å². The first-order valence-corrected chi connectivity index (χ1v) is 7.58. The molecule has 0 atom stereocenters. The molecule has 1 aliphatic carbocycles. The predicted molar refractivity (Wildman–Crippen MR) is 72.1 cm³/mol. The highest BCUT2D eigenvalue weighted by Crippen LogP contribution is 2.18. The SMILES string of the molecule is O=C(O)COc1ccc(S(=O)(=O)NC2CC=CC2)cc1. The number of rotatable bonds is 6. The number of benzene rings is 1. The van der Waals surface area contributed by atoms with Crippen LogP contribution in [0.25, 0.3) is 0 Å². The first-order valence-electron chi connectivity index (χ1n) is 6.09. The molecular weight excluding hydrogens is 282 g/mol. The van der Waals surface area contributed by atoms with E-state index in [-0.39, 0.29) is 10.9 Å². The predicted octanol–water partition coefficient (Wildman–Crippen LogP) is 1.15. The molecule has 0 saturated carbocycles. The molecule has 0 unspecified atom stereocenters. The van der Waals surface area contributed by atoms with Gasteiger partial charge in [0.25, 0.3) is 0 Å². The number of sulfonamides is 1. The molecular formula is C13H15NO5S. The Balaban J connectivity index is 2.02. The first kappa shape index (κ1) is 14.5. The Morgan fingerprint density at radius 1 is 1.25 bits per heavy atom. The molecule has 0 amide bonds. The number of ether oxygens (including phenoxy) is 1. The fraction of sp³-hybridized carbons (Fsp3) is 0.308. The van der Waals surface area contributed by atoms with Gasteiger partial charge in [0.05, 0.1) is 4.90 Å². The lowest BCUT2D eigenvalue weighted by Crippen LogP contribution is -2.32. The highest BCUT2D eigenvalue weighted by atomic mass is 32.2. The molecule has 0 aliphatic heterocycles. The van der Waals surface area contributed by atoms with Gasteiger partial charge in [0.2, 0.25) is 10.0 Å². The van der Waals surface area contributed by atoms with Gasteiger partial charge in [-0.25, -0.2) is 17.9 Å². The molecule has 0 aromatic heterocycles. The monoisotopic (exact) mass is 297 g/mol. The van der Waals surface area contributed by atoms with Crippen molar-refractivity contribution in [3.8, 4) is 5.75 Å². The minimum atomic E-state index is -3.55. The van der Waals surface area contributed by atoms with Gasteiger partial charge in [-0.1, -0.05) is 12.2 Å². The van der Waals surface area contributed by atoms with Crippen LogP contribution in [0.3, 0.4) is 0 Å². The third-order valence-corrected chi connectivity index (χ3v) is 4.36. The van der Waals surface area contributed by atoms with Gasteiger partial charge < -0.3 is 9.84 Å². The summed E-state index contributed by atoms with van der Waals surface area (Å²) in [5, 5.41) is 8.48. The van der Waals surface area contributed by atoms with Gasteiger partial charge in [0.15, 0.2) is 6.61 Å².